The van der Waals surface area contributed by atoms with E-state index >= 15 is 0 Å². The highest BCUT2D eigenvalue weighted by Gasteiger charge is 2.59. The van der Waals surface area contributed by atoms with Crippen molar-refractivity contribution in [1.82, 2.24) is 0 Å². The van der Waals surface area contributed by atoms with Crippen molar-refractivity contribution in [2.45, 2.75) is 38.4 Å². The first-order valence-electron chi connectivity index (χ1n) is 7.90. The maximum Gasteiger partial charge on any atom is 0.196 e. The first-order valence-corrected chi connectivity index (χ1v) is 8.35. The lowest BCUT2D eigenvalue weighted by Gasteiger charge is -2.56. The number of rotatable bonds is 0. The van der Waals surface area contributed by atoms with E-state index in [0.29, 0.717) is 6.42 Å². The lowest BCUT2D eigenvalue weighted by molar-refractivity contribution is -0.129. The minimum absolute atomic E-state index is 0.0223. The van der Waals surface area contributed by atoms with Gasteiger partial charge in [-0.1, -0.05) is 26.8 Å². The van der Waals surface area contributed by atoms with Crippen molar-refractivity contribution in [3.05, 3.63) is 34.9 Å². The quantitative estimate of drug-likeness (QED) is 0.688. The topological polar surface area (TPSA) is 81.7 Å². The third kappa shape index (κ3) is 1.98. The molecule has 3 atom stereocenters. The highest BCUT2D eigenvalue weighted by atomic mass is 32.1. The van der Waals surface area contributed by atoms with Gasteiger partial charge in [-0.05, 0) is 36.5 Å². The van der Waals surface area contributed by atoms with Gasteiger partial charge in [0, 0.05) is 10.8 Å². The zero-order valence-corrected chi connectivity index (χ0v) is 14.8. The van der Waals surface area contributed by atoms with Gasteiger partial charge in [-0.2, -0.15) is 23.2 Å². The van der Waals surface area contributed by atoms with Crippen molar-refractivity contribution < 1.29 is 9.59 Å². The number of carbonyl (C=O) groups is 2. The summed E-state index contributed by atoms with van der Waals surface area (Å²) in [6.07, 6.45) is 6.22. The van der Waals surface area contributed by atoms with E-state index in [4.69, 9.17) is 17.9 Å². The maximum absolute atomic E-state index is 12.6. The van der Waals surface area contributed by atoms with Gasteiger partial charge in [-0.25, -0.2) is 0 Å². The van der Waals surface area contributed by atoms with Crippen LogP contribution in [0.15, 0.2) is 34.9 Å². The predicted molar refractivity (Wildman–Crippen MR) is 91.8 cm³/mol. The van der Waals surface area contributed by atoms with Crippen LogP contribution in [0.4, 0.5) is 0 Å². The Kier molecular flexibility index (Phi) is 3.45. The zero-order valence-electron chi connectivity index (χ0n) is 13.9. The summed E-state index contributed by atoms with van der Waals surface area (Å²) in [5.74, 6) is -0.498. The van der Waals surface area contributed by atoms with Crippen LogP contribution in [-0.4, -0.2) is 16.3 Å². The minimum atomic E-state index is -0.697. The second-order valence-electron chi connectivity index (χ2n) is 7.61. The number of hydrogen-bond donors (Lipinski definition) is 1. The number of nitrogens with zero attached hydrogens (tertiary/aromatic N) is 2. The molecule has 4 nitrogen and oxygen atoms in total. The van der Waals surface area contributed by atoms with Crippen LogP contribution in [0, 0.1) is 39.4 Å². The number of hydrogen-bond acceptors (Lipinski definition) is 5. The van der Waals surface area contributed by atoms with Gasteiger partial charge in [0.25, 0.3) is 0 Å². The number of carbonyl (C=O) groups excluding carboxylic acids is 2. The molecule has 3 unspecified atom stereocenters. The highest BCUT2D eigenvalue weighted by Crippen LogP contribution is 2.62. The van der Waals surface area contributed by atoms with Crippen LogP contribution in [0.1, 0.15) is 33.6 Å². The summed E-state index contributed by atoms with van der Waals surface area (Å²) in [5, 5.41) is 18.5. The Balaban J connectivity index is 2.26. The van der Waals surface area contributed by atoms with Crippen LogP contribution in [0.25, 0.3) is 0 Å². The Hall–Kier alpha value is -2.11. The van der Waals surface area contributed by atoms with E-state index in [1.807, 2.05) is 32.9 Å². The van der Waals surface area contributed by atoms with E-state index in [-0.39, 0.29) is 28.6 Å². The molecule has 0 saturated heterocycles. The Morgan fingerprint density at radius 2 is 1.75 bits per heavy atom. The maximum atomic E-state index is 12.6. The van der Waals surface area contributed by atoms with Gasteiger partial charge in [0.05, 0.1) is 15.9 Å². The zero-order chi connectivity index (χ0) is 17.9. The Morgan fingerprint density at radius 1 is 1.12 bits per heavy atom. The van der Waals surface area contributed by atoms with Crippen molar-refractivity contribution >= 4 is 24.2 Å². The molecule has 0 aromatic rings. The lowest BCUT2D eigenvalue weighted by atomic mass is 9.48. The van der Waals surface area contributed by atoms with E-state index < -0.39 is 15.6 Å². The van der Waals surface area contributed by atoms with Crippen molar-refractivity contribution in [2.75, 3.05) is 0 Å². The van der Waals surface area contributed by atoms with Crippen LogP contribution in [-0.2, 0) is 9.59 Å². The Labute approximate surface area is 146 Å². The first kappa shape index (κ1) is 16.7. The molecular weight excluding hydrogens is 320 g/mol. The van der Waals surface area contributed by atoms with Gasteiger partial charge >= 0.3 is 0 Å². The monoisotopic (exact) mass is 338 g/mol. The number of thiol groups is 1. The normalized spacial score (nSPS) is 37.1. The van der Waals surface area contributed by atoms with Gasteiger partial charge in [0.15, 0.2) is 11.6 Å². The molecule has 24 heavy (non-hydrogen) atoms. The van der Waals surface area contributed by atoms with E-state index in [2.05, 4.69) is 0 Å². The summed E-state index contributed by atoms with van der Waals surface area (Å²) in [6.45, 7) is 5.71. The molecule has 0 aliphatic heterocycles. The summed E-state index contributed by atoms with van der Waals surface area (Å²) < 4.78 is -0.697. The molecule has 0 spiro atoms. The summed E-state index contributed by atoms with van der Waals surface area (Å²) in [7, 11) is 0. The molecule has 0 N–H and O–H groups in total. The molecule has 1 fully saturated rings. The fourth-order valence-electron chi connectivity index (χ4n) is 4.73. The molecule has 3 aliphatic carbocycles. The largest absolute Gasteiger partial charge is 0.293 e. The summed E-state index contributed by atoms with van der Waals surface area (Å²) >= 11 is 4.79. The molecule has 0 radical (unpaired) electrons. The van der Waals surface area contributed by atoms with Crippen LogP contribution < -0.4 is 0 Å². The van der Waals surface area contributed by atoms with Crippen LogP contribution >= 0.6 is 12.6 Å². The molecule has 0 bridgehead atoms. The number of ketones is 2. The summed E-state index contributed by atoms with van der Waals surface area (Å²) in [6, 6.07) is 3.95. The Bertz CT molecular complexity index is 850. The van der Waals surface area contributed by atoms with Gasteiger partial charge < -0.3 is 0 Å². The average molecular weight is 338 g/mol. The van der Waals surface area contributed by atoms with E-state index in [1.54, 1.807) is 12.2 Å². The van der Waals surface area contributed by atoms with E-state index in [0.717, 1.165) is 12.0 Å². The first-order chi connectivity index (χ1) is 11.1. The van der Waals surface area contributed by atoms with Crippen LogP contribution in [0.5, 0.6) is 0 Å². The molecule has 3 rings (SSSR count). The smallest absolute Gasteiger partial charge is 0.196 e. The van der Waals surface area contributed by atoms with Gasteiger partial charge in [-0.15, -0.1) is 0 Å². The fraction of sp³-hybridized carbons (Fsp3) is 0.474. The number of allylic oxidation sites excluding steroid dienone is 4. The Morgan fingerprint density at radius 3 is 2.33 bits per heavy atom. The molecular formula is C19H18N2O2S. The predicted octanol–water partition coefficient (Wildman–Crippen LogP) is 3.09. The van der Waals surface area contributed by atoms with Gasteiger partial charge in [-0.3, -0.25) is 9.59 Å². The van der Waals surface area contributed by atoms with Crippen molar-refractivity contribution in [1.29, 1.82) is 10.5 Å². The third-order valence-electron chi connectivity index (χ3n) is 5.89. The van der Waals surface area contributed by atoms with E-state index in [1.165, 1.54) is 6.08 Å². The van der Waals surface area contributed by atoms with Crippen molar-refractivity contribution in [3.63, 3.8) is 0 Å². The molecule has 0 aromatic heterocycles. The molecule has 5 heteroatoms. The molecule has 1 saturated carbocycles. The molecule has 0 aromatic carbocycles. The minimum Gasteiger partial charge on any atom is -0.293 e. The highest BCUT2D eigenvalue weighted by molar-refractivity contribution is 7.82. The fourth-order valence-corrected chi connectivity index (χ4v) is 5.30. The van der Waals surface area contributed by atoms with Crippen molar-refractivity contribution in [3.8, 4) is 12.1 Å². The van der Waals surface area contributed by atoms with Crippen LogP contribution in [0.3, 0.4) is 0 Å². The summed E-state index contributed by atoms with van der Waals surface area (Å²) in [5.41, 5.74) is -0.277. The van der Waals surface area contributed by atoms with Gasteiger partial charge in [0.2, 0.25) is 0 Å². The third-order valence-corrected chi connectivity index (χ3v) is 6.49. The van der Waals surface area contributed by atoms with Crippen LogP contribution in [0.2, 0.25) is 0 Å². The standard InChI is InChI=1S/C19H18N2O2S/c1-17(2)14-4-5-19(24)8-11(9-20)13(22)6-15(19)18(14,3)7-12(10-21)16(17)23/h6-8,14,24H,4-5H2,1-3H3. The number of fused-ring (bicyclic) bond motifs is 3. The second kappa shape index (κ2) is 4.94. The molecule has 0 amide bonds. The number of nitriles is 2. The lowest BCUT2D eigenvalue weighted by Crippen LogP contribution is -2.54. The molecule has 0 heterocycles. The van der Waals surface area contributed by atoms with E-state index in [9.17, 15) is 14.9 Å². The molecule has 3 aliphatic rings. The molecule has 122 valence electrons. The summed E-state index contributed by atoms with van der Waals surface area (Å²) in [4.78, 5) is 24.9. The average Bonchev–Trinajstić information content (AvgIpc) is 2.52. The second-order valence-corrected chi connectivity index (χ2v) is 8.41. The van der Waals surface area contributed by atoms with Gasteiger partial charge in [0.1, 0.15) is 12.1 Å². The SMILES string of the molecule is CC1(C)C(=O)C(C#N)=CC2(C)C3=CC(=O)C(C#N)=CC3(S)CCC12. The number of Topliss-reactive ketones (excluding diaryl/α,β-unsaturated/α-hetero) is 1. The van der Waals surface area contributed by atoms with Crippen molar-refractivity contribution in [2.24, 2.45) is 16.7 Å².